The molecule has 1 aromatic carbocycles. The van der Waals surface area contributed by atoms with Gasteiger partial charge in [0, 0.05) is 17.0 Å². The maximum absolute atomic E-state index is 12.5. The molecule has 7 nitrogen and oxygen atoms in total. The Morgan fingerprint density at radius 2 is 2.15 bits per heavy atom. The van der Waals surface area contributed by atoms with Gasteiger partial charge in [0.2, 0.25) is 11.8 Å². The number of nitrogens with zero attached hydrogens (tertiary/aromatic N) is 2. The Morgan fingerprint density at radius 3 is 2.89 bits per heavy atom. The van der Waals surface area contributed by atoms with Gasteiger partial charge in [-0.2, -0.15) is 5.10 Å². The van der Waals surface area contributed by atoms with Crippen molar-refractivity contribution in [2.24, 2.45) is 5.92 Å². The molecule has 2 amide bonds. The van der Waals surface area contributed by atoms with Crippen LogP contribution >= 0.6 is 11.6 Å². The Hall–Kier alpha value is -3.06. The van der Waals surface area contributed by atoms with E-state index in [1.807, 2.05) is 12.1 Å². The molecule has 1 aliphatic heterocycles. The second-order valence-electron chi connectivity index (χ2n) is 6.34. The maximum atomic E-state index is 12.5. The molecule has 0 spiro atoms. The number of aromatic nitrogens is 2. The quantitative estimate of drug-likeness (QED) is 0.707. The zero-order valence-electron chi connectivity index (χ0n) is 14.3. The lowest BCUT2D eigenvalue weighted by Gasteiger charge is -2.23. The number of rotatable bonds is 5. The monoisotopic (exact) mass is 384 g/mol. The number of benzene rings is 1. The van der Waals surface area contributed by atoms with Crippen LogP contribution in [0.15, 0.2) is 53.3 Å². The van der Waals surface area contributed by atoms with Crippen LogP contribution in [0.3, 0.4) is 0 Å². The summed E-state index contributed by atoms with van der Waals surface area (Å²) in [5.74, 6) is 0.423. The van der Waals surface area contributed by atoms with Gasteiger partial charge in [0.05, 0.1) is 31.5 Å². The van der Waals surface area contributed by atoms with Gasteiger partial charge in [-0.1, -0.05) is 23.7 Å². The largest absolute Gasteiger partial charge is 0.467 e. The zero-order valence-corrected chi connectivity index (χ0v) is 15.1. The molecule has 8 heteroatoms. The number of carbonyl (C=O) groups is 2. The predicted molar refractivity (Wildman–Crippen MR) is 100.0 cm³/mol. The first kappa shape index (κ1) is 17.4. The molecule has 1 aliphatic rings. The molecule has 1 atom stereocenters. The van der Waals surface area contributed by atoms with Crippen LogP contribution in [0.25, 0.3) is 11.1 Å². The number of hydrogen-bond donors (Lipinski definition) is 2. The highest BCUT2D eigenvalue weighted by Crippen LogP contribution is 2.32. The van der Waals surface area contributed by atoms with Gasteiger partial charge in [0.15, 0.2) is 0 Å². The van der Waals surface area contributed by atoms with E-state index >= 15 is 0 Å². The van der Waals surface area contributed by atoms with Crippen LogP contribution in [0.1, 0.15) is 12.2 Å². The summed E-state index contributed by atoms with van der Waals surface area (Å²) in [7, 11) is 0. The van der Waals surface area contributed by atoms with Gasteiger partial charge >= 0.3 is 0 Å². The minimum absolute atomic E-state index is 0.0854. The Kier molecular flexibility index (Phi) is 4.68. The van der Waals surface area contributed by atoms with E-state index < -0.39 is 5.92 Å². The van der Waals surface area contributed by atoms with Crippen LogP contribution in [0.2, 0.25) is 5.02 Å². The van der Waals surface area contributed by atoms with Gasteiger partial charge < -0.3 is 15.1 Å². The first-order chi connectivity index (χ1) is 13.1. The number of halogens is 1. The van der Waals surface area contributed by atoms with Crippen LogP contribution in [-0.2, 0) is 22.7 Å². The zero-order chi connectivity index (χ0) is 18.8. The molecule has 0 saturated heterocycles. The van der Waals surface area contributed by atoms with E-state index in [1.165, 1.54) is 0 Å². The van der Waals surface area contributed by atoms with Gasteiger partial charge in [-0.05, 0) is 29.8 Å². The predicted octanol–water partition coefficient (Wildman–Crippen LogP) is 3.07. The van der Waals surface area contributed by atoms with Crippen molar-refractivity contribution in [1.82, 2.24) is 15.1 Å². The number of fused-ring (bicyclic) bond motifs is 1. The van der Waals surface area contributed by atoms with E-state index in [-0.39, 0.29) is 18.2 Å². The maximum Gasteiger partial charge on any atom is 0.231 e. The molecule has 2 N–H and O–H groups in total. The van der Waals surface area contributed by atoms with Gasteiger partial charge in [0.1, 0.15) is 11.6 Å². The first-order valence-electron chi connectivity index (χ1n) is 8.52. The molecular weight excluding hydrogens is 368 g/mol. The highest BCUT2D eigenvalue weighted by atomic mass is 35.5. The minimum Gasteiger partial charge on any atom is -0.467 e. The third kappa shape index (κ3) is 3.73. The van der Waals surface area contributed by atoms with Crippen LogP contribution < -0.4 is 10.6 Å². The van der Waals surface area contributed by atoms with E-state index in [1.54, 1.807) is 41.4 Å². The van der Waals surface area contributed by atoms with Gasteiger partial charge in [-0.15, -0.1) is 0 Å². The Balaban J connectivity index is 1.43. The fourth-order valence-corrected chi connectivity index (χ4v) is 3.18. The highest BCUT2D eigenvalue weighted by Gasteiger charge is 2.30. The topological polar surface area (TPSA) is 89.2 Å². The lowest BCUT2D eigenvalue weighted by Crippen LogP contribution is -2.37. The van der Waals surface area contributed by atoms with Crippen molar-refractivity contribution < 1.29 is 14.0 Å². The summed E-state index contributed by atoms with van der Waals surface area (Å²) in [6, 6.07) is 10.9. The van der Waals surface area contributed by atoms with Gasteiger partial charge in [-0.3, -0.25) is 9.59 Å². The minimum atomic E-state index is -0.480. The molecule has 0 saturated carbocycles. The molecule has 3 heterocycles. The third-order valence-electron chi connectivity index (χ3n) is 4.47. The Labute approximate surface area is 160 Å². The molecule has 2 aromatic heterocycles. The van der Waals surface area contributed by atoms with Crippen molar-refractivity contribution in [3.63, 3.8) is 0 Å². The summed E-state index contributed by atoms with van der Waals surface area (Å²) in [6.07, 6.45) is 3.34. The molecule has 4 rings (SSSR count). The van der Waals surface area contributed by atoms with E-state index in [4.69, 9.17) is 16.0 Å². The summed E-state index contributed by atoms with van der Waals surface area (Å²) in [5, 5.41) is 10.6. The van der Waals surface area contributed by atoms with Crippen molar-refractivity contribution in [2.45, 2.75) is 19.5 Å². The van der Waals surface area contributed by atoms with Crippen LogP contribution in [0.4, 0.5) is 5.82 Å². The van der Waals surface area contributed by atoms with Crippen molar-refractivity contribution in [3.05, 3.63) is 59.6 Å². The average molecular weight is 385 g/mol. The summed E-state index contributed by atoms with van der Waals surface area (Å²) in [5.41, 5.74) is 1.73. The Morgan fingerprint density at radius 1 is 1.33 bits per heavy atom. The lowest BCUT2D eigenvalue weighted by molar-refractivity contribution is -0.128. The van der Waals surface area contributed by atoms with Crippen molar-refractivity contribution in [2.75, 3.05) is 5.32 Å². The van der Waals surface area contributed by atoms with Gasteiger partial charge in [-0.25, -0.2) is 4.68 Å². The van der Waals surface area contributed by atoms with Crippen molar-refractivity contribution in [1.29, 1.82) is 0 Å². The number of carbonyl (C=O) groups excluding carboxylic acids is 2. The normalized spacial score (nSPS) is 15.9. The Bertz CT molecular complexity index is 964. The summed E-state index contributed by atoms with van der Waals surface area (Å²) < 4.78 is 6.90. The van der Waals surface area contributed by atoms with E-state index in [2.05, 4.69) is 15.7 Å². The standard InChI is InChI=1S/C19H17ClN4O3/c20-14-5-3-12(4-6-14)16-10-22-24-11-13(19(26)23-18(16)24)8-17(25)21-9-15-2-1-7-27-15/h1-7,10,13H,8-9,11H2,(H,21,25)(H,23,26)/t13-/m0/s1. The average Bonchev–Trinajstić information content (AvgIpc) is 3.31. The number of anilines is 1. The SMILES string of the molecule is O=C(C[C@H]1Cn2ncc(-c3ccc(Cl)cc3)c2NC1=O)NCc1ccco1. The summed E-state index contributed by atoms with van der Waals surface area (Å²) in [6.45, 7) is 0.650. The van der Waals surface area contributed by atoms with Crippen molar-refractivity contribution >= 4 is 29.2 Å². The van der Waals surface area contributed by atoms with Crippen LogP contribution in [-0.4, -0.2) is 21.6 Å². The van der Waals surface area contributed by atoms with Crippen LogP contribution in [0.5, 0.6) is 0 Å². The summed E-state index contributed by atoms with van der Waals surface area (Å²) in [4.78, 5) is 24.6. The number of furan rings is 1. The second-order valence-corrected chi connectivity index (χ2v) is 6.78. The molecule has 0 fully saturated rings. The number of amides is 2. The molecule has 138 valence electrons. The fourth-order valence-electron chi connectivity index (χ4n) is 3.06. The molecule has 0 bridgehead atoms. The third-order valence-corrected chi connectivity index (χ3v) is 4.72. The lowest BCUT2D eigenvalue weighted by atomic mass is 10.0. The second kappa shape index (κ2) is 7.28. The smallest absolute Gasteiger partial charge is 0.231 e. The molecule has 0 radical (unpaired) electrons. The molecule has 0 aliphatic carbocycles. The first-order valence-corrected chi connectivity index (χ1v) is 8.89. The highest BCUT2D eigenvalue weighted by molar-refractivity contribution is 6.30. The number of hydrogen-bond acceptors (Lipinski definition) is 4. The van der Waals surface area contributed by atoms with Crippen molar-refractivity contribution in [3.8, 4) is 11.1 Å². The van der Waals surface area contributed by atoms with E-state index in [0.717, 1.165) is 11.1 Å². The molecular formula is C19H17ClN4O3. The summed E-state index contributed by atoms with van der Waals surface area (Å²) >= 11 is 5.93. The molecule has 27 heavy (non-hydrogen) atoms. The number of nitrogens with one attached hydrogen (secondary N) is 2. The van der Waals surface area contributed by atoms with E-state index in [0.29, 0.717) is 29.7 Å². The fraction of sp³-hybridized carbons (Fsp3) is 0.211. The molecule has 3 aromatic rings. The van der Waals surface area contributed by atoms with Gasteiger partial charge in [0.25, 0.3) is 0 Å². The van der Waals surface area contributed by atoms with E-state index in [9.17, 15) is 9.59 Å². The molecule has 0 unspecified atom stereocenters. The van der Waals surface area contributed by atoms with Crippen LogP contribution in [0, 0.1) is 5.92 Å².